The molecule has 1 aromatic heterocycles. The average molecular weight is 453 g/mol. The van der Waals surface area contributed by atoms with Crippen molar-refractivity contribution < 1.29 is 19.4 Å². The second kappa shape index (κ2) is 10.1. The number of ketones is 1. The standard InChI is InChI=1S/C25H32N4O4/c1-15(2)33-19-10-7-9-18(13-19)22-21(23(30)20-14-26-17(4)27-16(20)3)24(31)25(32)29(22)12-8-11-28(5)6/h7,9-10,13-15,22,30H,8,11-12H2,1-6H3/t22-/m0/s1. The number of rotatable bonds is 8. The highest BCUT2D eigenvalue weighted by atomic mass is 16.5. The molecule has 0 saturated carbocycles. The number of ether oxygens (including phenoxy) is 1. The molecule has 1 N–H and O–H groups in total. The van der Waals surface area contributed by atoms with Crippen LogP contribution in [0.4, 0.5) is 0 Å². The maximum absolute atomic E-state index is 13.2. The van der Waals surface area contributed by atoms with Gasteiger partial charge in [-0.25, -0.2) is 9.97 Å². The summed E-state index contributed by atoms with van der Waals surface area (Å²) in [6, 6.07) is 6.59. The van der Waals surface area contributed by atoms with E-state index >= 15 is 0 Å². The molecule has 0 spiro atoms. The number of aliphatic hydroxyl groups excluding tert-OH is 1. The molecular formula is C25H32N4O4. The summed E-state index contributed by atoms with van der Waals surface area (Å²) >= 11 is 0. The quantitative estimate of drug-likeness (QED) is 0.373. The Hall–Kier alpha value is -3.26. The maximum Gasteiger partial charge on any atom is 0.295 e. The number of carbonyl (C=O) groups excluding carboxylic acids is 2. The fraction of sp³-hybridized carbons (Fsp3) is 0.440. The highest BCUT2D eigenvalue weighted by molar-refractivity contribution is 6.46. The van der Waals surface area contributed by atoms with Crippen LogP contribution < -0.4 is 4.74 Å². The molecule has 0 aliphatic carbocycles. The van der Waals surface area contributed by atoms with Crippen molar-refractivity contribution >= 4 is 17.4 Å². The van der Waals surface area contributed by atoms with Crippen LogP contribution in [-0.4, -0.2) is 69.9 Å². The second-order valence-corrected chi connectivity index (χ2v) is 8.80. The Kier molecular flexibility index (Phi) is 7.48. The summed E-state index contributed by atoms with van der Waals surface area (Å²) in [5.41, 5.74) is 1.62. The van der Waals surface area contributed by atoms with Crippen LogP contribution >= 0.6 is 0 Å². The number of Topliss-reactive ketones (excluding diaryl/α,β-unsaturated/α-hetero) is 1. The highest BCUT2D eigenvalue weighted by Gasteiger charge is 2.46. The number of hydrogen-bond donors (Lipinski definition) is 1. The van der Waals surface area contributed by atoms with Crippen LogP contribution in [0.15, 0.2) is 36.0 Å². The van der Waals surface area contributed by atoms with Gasteiger partial charge in [-0.05, 0) is 72.5 Å². The zero-order valence-electron chi connectivity index (χ0n) is 20.1. The van der Waals surface area contributed by atoms with E-state index in [1.54, 1.807) is 13.8 Å². The summed E-state index contributed by atoms with van der Waals surface area (Å²) in [4.78, 5) is 38.3. The van der Waals surface area contributed by atoms with Gasteiger partial charge in [0.05, 0.1) is 29.0 Å². The van der Waals surface area contributed by atoms with Crippen LogP contribution in [-0.2, 0) is 9.59 Å². The molecule has 3 rings (SSSR count). The van der Waals surface area contributed by atoms with Crippen molar-refractivity contribution in [2.45, 2.75) is 46.3 Å². The predicted octanol–water partition coefficient (Wildman–Crippen LogP) is 3.25. The largest absolute Gasteiger partial charge is 0.507 e. The van der Waals surface area contributed by atoms with Crippen molar-refractivity contribution in [1.82, 2.24) is 19.8 Å². The number of likely N-dealkylation sites (tertiary alicyclic amines) is 1. The van der Waals surface area contributed by atoms with E-state index in [1.807, 2.05) is 57.1 Å². The van der Waals surface area contributed by atoms with Gasteiger partial charge in [-0.15, -0.1) is 0 Å². The zero-order chi connectivity index (χ0) is 24.3. The molecule has 2 aromatic rings. The zero-order valence-corrected chi connectivity index (χ0v) is 20.1. The van der Waals surface area contributed by atoms with Crippen LogP contribution in [0.2, 0.25) is 0 Å². The second-order valence-electron chi connectivity index (χ2n) is 8.80. The van der Waals surface area contributed by atoms with E-state index in [0.29, 0.717) is 41.4 Å². The van der Waals surface area contributed by atoms with Crippen LogP contribution in [0.1, 0.15) is 49.0 Å². The Labute approximate surface area is 194 Å². The molecule has 0 unspecified atom stereocenters. The van der Waals surface area contributed by atoms with Crippen molar-refractivity contribution in [3.63, 3.8) is 0 Å². The lowest BCUT2D eigenvalue weighted by molar-refractivity contribution is -0.139. The molecule has 8 heteroatoms. The Balaban J connectivity index is 2.13. The summed E-state index contributed by atoms with van der Waals surface area (Å²) in [5.74, 6) is -0.403. The molecule has 1 aliphatic heterocycles. The minimum absolute atomic E-state index is 0.0286. The van der Waals surface area contributed by atoms with Gasteiger partial charge in [0.1, 0.15) is 17.3 Å². The van der Waals surface area contributed by atoms with Gasteiger partial charge in [-0.3, -0.25) is 9.59 Å². The lowest BCUT2D eigenvalue weighted by atomic mass is 9.95. The summed E-state index contributed by atoms with van der Waals surface area (Å²) in [7, 11) is 3.91. The maximum atomic E-state index is 13.2. The SMILES string of the molecule is Cc1ncc(C(O)=C2C(=O)C(=O)N(CCCN(C)C)[C@H]2c2cccc(OC(C)C)c2)c(C)n1. The number of aryl methyl sites for hydroxylation is 2. The number of nitrogens with zero attached hydrogens (tertiary/aromatic N) is 4. The molecule has 1 aliphatic rings. The molecule has 0 bridgehead atoms. The average Bonchev–Trinajstić information content (AvgIpc) is 2.98. The number of hydrogen-bond acceptors (Lipinski definition) is 7. The molecule has 33 heavy (non-hydrogen) atoms. The molecule has 176 valence electrons. The van der Waals surface area contributed by atoms with Crippen molar-refractivity contribution in [2.75, 3.05) is 27.2 Å². The van der Waals surface area contributed by atoms with Gasteiger partial charge in [-0.1, -0.05) is 12.1 Å². The van der Waals surface area contributed by atoms with Gasteiger partial charge in [-0.2, -0.15) is 0 Å². The molecule has 8 nitrogen and oxygen atoms in total. The van der Waals surface area contributed by atoms with Gasteiger partial charge < -0.3 is 19.6 Å². The molecule has 1 saturated heterocycles. The van der Waals surface area contributed by atoms with Crippen LogP contribution in [0.3, 0.4) is 0 Å². The Bertz CT molecular complexity index is 1080. The fourth-order valence-corrected chi connectivity index (χ4v) is 4.01. The number of carbonyl (C=O) groups is 2. The summed E-state index contributed by atoms with van der Waals surface area (Å²) < 4.78 is 5.83. The Morgan fingerprint density at radius 1 is 1.24 bits per heavy atom. The first-order chi connectivity index (χ1) is 15.6. The molecule has 0 radical (unpaired) electrons. The van der Waals surface area contributed by atoms with Gasteiger partial charge >= 0.3 is 0 Å². The lowest BCUT2D eigenvalue weighted by Gasteiger charge is -2.26. The van der Waals surface area contributed by atoms with Gasteiger partial charge in [0.25, 0.3) is 11.7 Å². The summed E-state index contributed by atoms with van der Waals surface area (Å²) in [6.07, 6.45) is 2.15. The van der Waals surface area contributed by atoms with Crippen molar-refractivity contribution in [1.29, 1.82) is 0 Å². The van der Waals surface area contributed by atoms with Gasteiger partial charge in [0.2, 0.25) is 0 Å². The van der Waals surface area contributed by atoms with Crippen LogP contribution in [0.25, 0.3) is 5.76 Å². The van der Waals surface area contributed by atoms with E-state index in [4.69, 9.17) is 4.74 Å². The Morgan fingerprint density at radius 3 is 2.61 bits per heavy atom. The van der Waals surface area contributed by atoms with E-state index in [0.717, 1.165) is 6.54 Å². The monoisotopic (exact) mass is 452 g/mol. The van der Waals surface area contributed by atoms with Gasteiger partial charge in [0.15, 0.2) is 0 Å². The lowest BCUT2D eigenvalue weighted by Crippen LogP contribution is -2.32. The first-order valence-corrected chi connectivity index (χ1v) is 11.1. The topological polar surface area (TPSA) is 95.9 Å². The predicted molar refractivity (Wildman–Crippen MR) is 126 cm³/mol. The van der Waals surface area contributed by atoms with Gasteiger partial charge in [0, 0.05) is 12.7 Å². The number of amides is 1. The first-order valence-electron chi connectivity index (χ1n) is 11.1. The number of aliphatic hydroxyl groups is 1. The number of benzene rings is 1. The first kappa shape index (κ1) is 24.4. The van der Waals surface area contributed by atoms with E-state index < -0.39 is 17.7 Å². The van der Waals surface area contributed by atoms with Crippen molar-refractivity contribution in [3.8, 4) is 5.75 Å². The van der Waals surface area contributed by atoms with Crippen LogP contribution in [0.5, 0.6) is 5.75 Å². The third kappa shape index (κ3) is 5.39. The number of aromatic nitrogens is 2. The molecule has 1 fully saturated rings. The molecular weight excluding hydrogens is 420 g/mol. The third-order valence-corrected chi connectivity index (χ3v) is 5.44. The smallest absolute Gasteiger partial charge is 0.295 e. The molecule has 1 amide bonds. The fourth-order valence-electron chi connectivity index (χ4n) is 4.01. The Morgan fingerprint density at radius 2 is 1.97 bits per heavy atom. The highest BCUT2D eigenvalue weighted by Crippen LogP contribution is 2.40. The third-order valence-electron chi connectivity index (χ3n) is 5.44. The van der Waals surface area contributed by atoms with Crippen LogP contribution in [0, 0.1) is 13.8 Å². The normalized spacial score (nSPS) is 17.9. The van der Waals surface area contributed by atoms with E-state index in [-0.39, 0.29) is 17.4 Å². The minimum Gasteiger partial charge on any atom is -0.507 e. The minimum atomic E-state index is -0.733. The molecule has 1 aromatic carbocycles. The summed E-state index contributed by atoms with van der Waals surface area (Å²) in [5, 5.41) is 11.2. The van der Waals surface area contributed by atoms with Crippen molar-refractivity contribution in [2.24, 2.45) is 0 Å². The van der Waals surface area contributed by atoms with E-state index in [1.165, 1.54) is 11.1 Å². The van der Waals surface area contributed by atoms with E-state index in [9.17, 15) is 14.7 Å². The molecule has 2 heterocycles. The van der Waals surface area contributed by atoms with E-state index in [2.05, 4.69) is 9.97 Å². The van der Waals surface area contributed by atoms with Crippen molar-refractivity contribution in [3.05, 3.63) is 58.7 Å². The molecule has 1 atom stereocenters. The summed E-state index contributed by atoms with van der Waals surface area (Å²) in [6.45, 7) is 8.49.